The highest BCUT2D eigenvalue weighted by atomic mass is 16.5. The minimum Gasteiger partial charge on any atom is -0.377 e. The Labute approximate surface area is 120 Å². The third-order valence-electron chi connectivity index (χ3n) is 4.90. The summed E-state index contributed by atoms with van der Waals surface area (Å²) in [5.74, 6) is 0. The number of ether oxygens (including phenoxy) is 1. The van der Waals surface area contributed by atoms with Gasteiger partial charge in [-0.3, -0.25) is 0 Å². The highest BCUT2D eigenvalue weighted by Crippen LogP contribution is 2.36. The first-order valence-corrected chi connectivity index (χ1v) is 8.56. The van der Waals surface area contributed by atoms with Gasteiger partial charge in [0.1, 0.15) is 0 Å². The van der Waals surface area contributed by atoms with E-state index in [4.69, 9.17) is 10.5 Å². The lowest BCUT2D eigenvalue weighted by Gasteiger charge is -2.34. The molecule has 0 aromatic carbocycles. The Balaban J connectivity index is 2.02. The Morgan fingerprint density at radius 3 is 2.00 bits per heavy atom. The van der Waals surface area contributed by atoms with Gasteiger partial charge in [0.25, 0.3) is 0 Å². The molecule has 0 aliphatic heterocycles. The van der Waals surface area contributed by atoms with Gasteiger partial charge in [-0.2, -0.15) is 0 Å². The Morgan fingerprint density at radius 1 is 0.947 bits per heavy atom. The van der Waals surface area contributed by atoms with Crippen LogP contribution in [0.4, 0.5) is 0 Å². The largest absolute Gasteiger partial charge is 0.377 e. The monoisotopic (exact) mass is 269 g/mol. The summed E-state index contributed by atoms with van der Waals surface area (Å²) in [5.41, 5.74) is 6.39. The van der Waals surface area contributed by atoms with Gasteiger partial charge in [-0.25, -0.2) is 0 Å². The van der Waals surface area contributed by atoms with Crippen molar-refractivity contribution in [3.8, 4) is 0 Å². The fraction of sp³-hybridized carbons (Fsp3) is 1.00. The van der Waals surface area contributed by atoms with Crippen molar-refractivity contribution in [1.82, 2.24) is 0 Å². The predicted octanol–water partition coefficient (Wildman–Crippen LogP) is 4.80. The van der Waals surface area contributed by atoms with Crippen LogP contribution >= 0.6 is 0 Å². The van der Waals surface area contributed by atoms with Gasteiger partial charge in [-0.05, 0) is 19.3 Å². The lowest BCUT2D eigenvalue weighted by molar-refractivity contribution is -0.0279. The molecule has 0 amide bonds. The Bertz CT molecular complexity index is 211. The van der Waals surface area contributed by atoms with Crippen LogP contribution in [0.15, 0.2) is 0 Å². The van der Waals surface area contributed by atoms with Crippen molar-refractivity contribution in [3.63, 3.8) is 0 Å². The molecule has 1 rings (SSSR count). The minimum absolute atomic E-state index is 0.0150. The standard InChI is InChI=1S/C17H35NO/c1-3-4-5-6-7-8-9-10-13-16(18)17(19-2)14-11-12-15-17/h16H,3-15,18H2,1-2H3. The van der Waals surface area contributed by atoms with E-state index in [1.807, 2.05) is 7.11 Å². The van der Waals surface area contributed by atoms with Crippen LogP contribution in [0.25, 0.3) is 0 Å². The quantitative estimate of drug-likeness (QED) is 0.547. The first kappa shape index (κ1) is 17.0. The van der Waals surface area contributed by atoms with E-state index in [1.54, 1.807) is 0 Å². The van der Waals surface area contributed by atoms with Gasteiger partial charge in [0, 0.05) is 13.2 Å². The van der Waals surface area contributed by atoms with Crippen molar-refractivity contribution < 1.29 is 4.74 Å². The second-order valence-electron chi connectivity index (χ2n) is 6.35. The fourth-order valence-corrected chi connectivity index (χ4v) is 3.46. The highest BCUT2D eigenvalue weighted by molar-refractivity contribution is 4.94. The first-order valence-electron chi connectivity index (χ1n) is 8.56. The molecule has 1 saturated carbocycles. The maximum Gasteiger partial charge on any atom is 0.0828 e. The Hall–Kier alpha value is -0.0800. The van der Waals surface area contributed by atoms with Gasteiger partial charge in [0.2, 0.25) is 0 Å². The summed E-state index contributed by atoms with van der Waals surface area (Å²) < 4.78 is 5.76. The zero-order valence-electron chi connectivity index (χ0n) is 13.3. The van der Waals surface area contributed by atoms with Gasteiger partial charge < -0.3 is 10.5 Å². The number of methoxy groups -OCH3 is 1. The maximum absolute atomic E-state index is 6.38. The molecule has 0 radical (unpaired) electrons. The average Bonchev–Trinajstić information content (AvgIpc) is 2.91. The van der Waals surface area contributed by atoms with Gasteiger partial charge in [-0.1, -0.05) is 71.1 Å². The first-order chi connectivity index (χ1) is 9.25. The summed E-state index contributed by atoms with van der Waals surface area (Å²) in [4.78, 5) is 0. The van der Waals surface area contributed by atoms with Crippen molar-refractivity contribution in [2.24, 2.45) is 5.73 Å². The second-order valence-corrected chi connectivity index (χ2v) is 6.35. The average molecular weight is 269 g/mol. The van der Waals surface area contributed by atoms with E-state index in [9.17, 15) is 0 Å². The van der Waals surface area contributed by atoms with Crippen LogP contribution in [0.1, 0.15) is 90.4 Å². The van der Waals surface area contributed by atoms with Crippen LogP contribution in [0.3, 0.4) is 0 Å². The van der Waals surface area contributed by atoms with Gasteiger partial charge in [-0.15, -0.1) is 0 Å². The molecule has 0 aromatic heterocycles. The van der Waals surface area contributed by atoms with Gasteiger partial charge in [0.15, 0.2) is 0 Å². The normalized spacial score (nSPS) is 19.7. The van der Waals surface area contributed by atoms with Gasteiger partial charge in [0.05, 0.1) is 5.60 Å². The summed E-state index contributed by atoms with van der Waals surface area (Å²) in [6.07, 6.45) is 17.1. The Morgan fingerprint density at radius 2 is 1.47 bits per heavy atom. The van der Waals surface area contributed by atoms with E-state index >= 15 is 0 Å². The van der Waals surface area contributed by atoms with E-state index in [1.165, 1.54) is 77.0 Å². The van der Waals surface area contributed by atoms with Crippen molar-refractivity contribution in [2.45, 2.75) is 102 Å². The third kappa shape index (κ3) is 5.83. The molecule has 1 atom stereocenters. The lowest BCUT2D eigenvalue weighted by atomic mass is 9.88. The molecule has 0 heterocycles. The van der Waals surface area contributed by atoms with E-state index < -0.39 is 0 Å². The summed E-state index contributed by atoms with van der Waals surface area (Å²) in [6.45, 7) is 2.27. The molecule has 19 heavy (non-hydrogen) atoms. The van der Waals surface area contributed by atoms with Crippen LogP contribution in [0, 0.1) is 0 Å². The van der Waals surface area contributed by atoms with Crippen molar-refractivity contribution in [2.75, 3.05) is 7.11 Å². The molecule has 0 aromatic rings. The van der Waals surface area contributed by atoms with Crippen LogP contribution in [0.2, 0.25) is 0 Å². The zero-order chi connectivity index (χ0) is 14.0. The van der Waals surface area contributed by atoms with Crippen LogP contribution in [-0.2, 0) is 4.74 Å². The molecular formula is C17H35NO. The van der Waals surface area contributed by atoms with Crippen molar-refractivity contribution in [1.29, 1.82) is 0 Å². The van der Waals surface area contributed by atoms with Gasteiger partial charge >= 0.3 is 0 Å². The maximum atomic E-state index is 6.38. The van der Waals surface area contributed by atoms with E-state index in [0.29, 0.717) is 0 Å². The molecule has 0 spiro atoms. The predicted molar refractivity (Wildman–Crippen MR) is 83.4 cm³/mol. The summed E-state index contributed by atoms with van der Waals surface area (Å²) in [7, 11) is 1.85. The van der Waals surface area contributed by atoms with Crippen LogP contribution in [0.5, 0.6) is 0 Å². The van der Waals surface area contributed by atoms with E-state index in [-0.39, 0.29) is 11.6 Å². The molecule has 1 fully saturated rings. The molecule has 114 valence electrons. The second kappa shape index (κ2) is 9.77. The fourth-order valence-electron chi connectivity index (χ4n) is 3.46. The van der Waals surface area contributed by atoms with E-state index in [0.717, 1.165) is 6.42 Å². The molecule has 2 N–H and O–H groups in total. The molecule has 2 nitrogen and oxygen atoms in total. The van der Waals surface area contributed by atoms with Crippen molar-refractivity contribution in [3.05, 3.63) is 0 Å². The molecule has 0 bridgehead atoms. The SMILES string of the molecule is CCCCCCCCCCC(N)C1(OC)CCCC1. The topological polar surface area (TPSA) is 35.2 Å². The van der Waals surface area contributed by atoms with Crippen molar-refractivity contribution >= 4 is 0 Å². The molecule has 0 saturated heterocycles. The molecule has 1 aliphatic carbocycles. The highest BCUT2D eigenvalue weighted by Gasteiger charge is 2.39. The van der Waals surface area contributed by atoms with Crippen LogP contribution < -0.4 is 5.73 Å². The van der Waals surface area contributed by atoms with Crippen LogP contribution in [-0.4, -0.2) is 18.8 Å². The summed E-state index contributed by atoms with van der Waals surface area (Å²) >= 11 is 0. The smallest absolute Gasteiger partial charge is 0.0828 e. The number of nitrogens with two attached hydrogens (primary N) is 1. The lowest BCUT2D eigenvalue weighted by Crippen LogP contribution is -2.47. The zero-order valence-corrected chi connectivity index (χ0v) is 13.3. The summed E-state index contributed by atoms with van der Waals surface area (Å²) in [6, 6.07) is 0.250. The molecule has 1 aliphatic rings. The minimum atomic E-state index is 0.0150. The molecule has 2 heteroatoms. The van der Waals surface area contributed by atoms with E-state index in [2.05, 4.69) is 6.92 Å². The number of hydrogen-bond donors (Lipinski definition) is 1. The third-order valence-corrected chi connectivity index (χ3v) is 4.90. The molecular weight excluding hydrogens is 234 g/mol. The number of hydrogen-bond acceptors (Lipinski definition) is 2. The Kier molecular flexibility index (Phi) is 8.72. The molecule has 1 unspecified atom stereocenters. The summed E-state index contributed by atoms with van der Waals surface area (Å²) in [5, 5.41) is 0. The number of rotatable bonds is 11. The number of unbranched alkanes of at least 4 members (excludes halogenated alkanes) is 7.